The topological polar surface area (TPSA) is 26.0 Å². The van der Waals surface area contributed by atoms with Crippen LogP contribution in [0.2, 0.25) is 0 Å². The first-order chi connectivity index (χ1) is 6.70. The molecule has 1 aliphatic rings. The Hall–Kier alpha value is 0.310. The summed E-state index contributed by atoms with van der Waals surface area (Å²) in [5.41, 5.74) is 6.58. The summed E-state index contributed by atoms with van der Waals surface area (Å²) < 4.78 is 0. The van der Waals surface area contributed by atoms with E-state index in [1.54, 1.807) is 0 Å². The molecule has 0 spiro atoms. The van der Waals surface area contributed by atoms with Crippen LogP contribution in [0.25, 0.3) is 0 Å². The van der Waals surface area contributed by atoms with Gasteiger partial charge < -0.3 is 5.73 Å². The van der Waals surface area contributed by atoms with Gasteiger partial charge in [-0.2, -0.15) is 11.8 Å². The van der Waals surface area contributed by atoms with Crippen LogP contribution in [0.15, 0.2) is 0 Å². The molecule has 0 aliphatic heterocycles. The van der Waals surface area contributed by atoms with E-state index in [0.29, 0.717) is 0 Å². The predicted octanol–water partition coefficient (Wildman–Crippen LogP) is 3.43. The minimum Gasteiger partial charge on any atom is -0.325 e. The van der Waals surface area contributed by atoms with Gasteiger partial charge >= 0.3 is 0 Å². The van der Waals surface area contributed by atoms with Crippen molar-refractivity contribution in [1.29, 1.82) is 0 Å². The highest BCUT2D eigenvalue weighted by molar-refractivity contribution is 7.98. The minimum atomic E-state index is 0.188. The van der Waals surface area contributed by atoms with Crippen LogP contribution >= 0.6 is 11.8 Å². The highest BCUT2D eigenvalue weighted by Crippen LogP contribution is 2.35. The van der Waals surface area contributed by atoms with E-state index >= 15 is 0 Å². The average Bonchev–Trinajstić information content (AvgIpc) is 2.20. The molecule has 2 N–H and O–H groups in total. The molecular weight excluding hydrogens is 190 g/mol. The molecule has 0 radical (unpaired) electrons. The highest BCUT2D eigenvalue weighted by atomic mass is 32.2. The van der Waals surface area contributed by atoms with Gasteiger partial charge in [0.1, 0.15) is 0 Å². The van der Waals surface area contributed by atoms with Gasteiger partial charge in [0.05, 0.1) is 0 Å². The fourth-order valence-corrected chi connectivity index (χ4v) is 3.12. The fraction of sp³-hybridized carbons (Fsp3) is 1.00. The van der Waals surface area contributed by atoms with Gasteiger partial charge in [0, 0.05) is 5.54 Å². The van der Waals surface area contributed by atoms with Gasteiger partial charge in [0.15, 0.2) is 0 Å². The van der Waals surface area contributed by atoms with Crippen molar-refractivity contribution in [2.75, 3.05) is 12.0 Å². The van der Waals surface area contributed by atoms with E-state index in [1.807, 2.05) is 11.8 Å². The molecule has 14 heavy (non-hydrogen) atoms. The van der Waals surface area contributed by atoms with Gasteiger partial charge in [-0.1, -0.05) is 19.8 Å². The van der Waals surface area contributed by atoms with E-state index in [1.165, 1.54) is 50.7 Å². The fourth-order valence-electron chi connectivity index (χ4n) is 2.50. The second kappa shape index (κ2) is 6.02. The molecule has 1 aliphatic carbocycles. The van der Waals surface area contributed by atoms with Crippen molar-refractivity contribution < 1.29 is 0 Å². The van der Waals surface area contributed by atoms with Gasteiger partial charge in [-0.3, -0.25) is 0 Å². The molecule has 0 unspecified atom stereocenters. The van der Waals surface area contributed by atoms with Crippen molar-refractivity contribution in [1.82, 2.24) is 0 Å². The molecule has 1 fully saturated rings. The average molecular weight is 215 g/mol. The van der Waals surface area contributed by atoms with Crippen molar-refractivity contribution in [3.8, 4) is 0 Å². The van der Waals surface area contributed by atoms with Gasteiger partial charge in [-0.15, -0.1) is 0 Å². The molecule has 1 nitrogen and oxygen atoms in total. The Kier molecular flexibility index (Phi) is 5.32. The largest absolute Gasteiger partial charge is 0.325 e. The maximum absolute atomic E-state index is 6.39. The van der Waals surface area contributed by atoms with Gasteiger partial charge in [-0.25, -0.2) is 0 Å². The summed E-state index contributed by atoms with van der Waals surface area (Å²) in [5, 5.41) is 0. The Balaban J connectivity index is 2.25. The molecule has 0 saturated heterocycles. The molecule has 2 heteroatoms. The molecule has 0 atom stereocenters. The Morgan fingerprint density at radius 1 is 1.36 bits per heavy atom. The number of rotatable bonds is 5. The summed E-state index contributed by atoms with van der Waals surface area (Å²) in [6.45, 7) is 2.29. The summed E-state index contributed by atoms with van der Waals surface area (Å²) in [7, 11) is 0. The van der Waals surface area contributed by atoms with Crippen molar-refractivity contribution in [2.24, 2.45) is 11.7 Å². The molecule has 1 saturated carbocycles. The number of hydrogen-bond donors (Lipinski definition) is 1. The van der Waals surface area contributed by atoms with E-state index in [-0.39, 0.29) is 5.54 Å². The Labute approximate surface area is 93.2 Å². The van der Waals surface area contributed by atoms with Crippen LogP contribution in [0.3, 0.4) is 0 Å². The van der Waals surface area contributed by atoms with Crippen LogP contribution in [0.5, 0.6) is 0 Å². The summed E-state index contributed by atoms with van der Waals surface area (Å²) in [4.78, 5) is 0. The molecule has 0 heterocycles. The third-order valence-electron chi connectivity index (χ3n) is 3.60. The van der Waals surface area contributed by atoms with Crippen molar-refractivity contribution in [2.45, 2.75) is 57.4 Å². The van der Waals surface area contributed by atoms with Gasteiger partial charge in [-0.05, 0) is 50.0 Å². The first kappa shape index (κ1) is 12.4. The Bertz CT molecular complexity index is 150. The van der Waals surface area contributed by atoms with Crippen LogP contribution in [-0.4, -0.2) is 17.5 Å². The second-order valence-electron chi connectivity index (χ2n) is 4.84. The molecule has 84 valence electrons. The second-order valence-corrected chi connectivity index (χ2v) is 5.82. The molecule has 0 aromatic rings. The lowest BCUT2D eigenvalue weighted by atomic mass is 9.74. The third-order valence-corrected chi connectivity index (χ3v) is 4.21. The molecule has 0 aromatic carbocycles. The molecular formula is C12H25NS. The number of thioether (sulfide) groups is 1. The molecule has 0 bridgehead atoms. The van der Waals surface area contributed by atoms with Crippen LogP contribution in [0.4, 0.5) is 0 Å². The highest BCUT2D eigenvalue weighted by Gasteiger charge is 2.30. The Morgan fingerprint density at radius 2 is 2.00 bits per heavy atom. The van der Waals surface area contributed by atoms with Crippen molar-refractivity contribution in [3.63, 3.8) is 0 Å². The predicted molar refractivity (Wildman–Crippen MR) is 66.8 cm³/mol. The zero-order valence-electron chi connectivity index (χ0n) is 9.72. The van der Waals surface area contributed by atoms with E-state index in [2.05, 4.69) is 13.2 Å². The smallest absolute Gasteiger partial charge is 0.0162 e. The van der Waals surface area contributed by atoms with Gasteiger partial charge in [0.2, 0.25) is 0 Å². The van der Waals surface area contributed by atoms with Crippen molar-refractivity contribution >= 4 is 11.8 Å². The van der Waals surface area contributed by atoms with Gasteiger partial charge in [0.25, 0.3) is 0 Å². The summed E-state index contributed by atoms with van der Waals surface area (Å²) in [6, 6.07) is 0. The Morgan fingerprint density at radius 3 is 2.50 bits per heavy atom. The maximum Gasteiger partial charge on any atom is 0.0162 e. The lowest BCUT2D eigenvalue weighted by Gasteiger charge is -2.37. The summed E-state index contributed by atoms with van der Waals surface area (Å²) >= 11 is 1.92. The van der Waals surface area contributed by atoms with Crippen LogP contribution in [-0.2, 0) is 0 Å². The van der Waals surface area contributed by atoms with E-state index in [0.717, 1.165) is 5.92 Å². The first-order valence-corrected chi connectivity index (χ1v) is 7.37. The first-order valence-electron chi connectivity index (χ1n) is 5.98. The molecule has 0 amide bonds. The zero-order valence-corrected chi connectivity index (χ0v) is 10.5. The number of nitrogens with two attached hydrogens (primary N) is 1. The van der Waals surface area contributed by atoms with E-state index in [9.17, 15) is 0 Å². The maximum atomic E-state index is 6.39. The minimum absolute atomic E-state index is 0.188. The standard InChI is InChI=1S/C12H25NS/c1-3-4-11-5-7-12(13,8-6-11)9-10-14-2/h11H,3-10,13H2,1-2H3. The lowest BCUT2D eigenvalue weighted by Crippen LogP contribution is -2.43. The lowest BCUT2D eigenvalue weighted by molar-refractivity contribution is 0.220. The third kappa shape index (κ3) is 3.82. The van der Waals surface area contributed by atoms with Crippen LogP contribution in [0, 0.1) is 5.92 Å². The summed E-state index contributed by atoms with van der Waals surface area (Å²) in [6.07, 6.45) is 11.4. The van der Waals surface area contributed by atoms with Crippen LogP contribution in [0.1, 0.15) is 51.9 Å². The zero-order chi connectivity index (χ0) is 10.4. The molecule has 1 rings (SSSR count). The summed E-state index contributed by atoms with van der Waals surface area (Å²) in [5.74, 6) is 2.21. The molecule has 0 aromatic heterocycles. The van der Waals surface area contributed by atoms with Crippen LogP contribution < -0.4 is 5.73 Å². The SMILES string of the molecule is CCCC1CCC(N)(CCSC)CC1. The number of hydrogen-bond acceptors (Lipinski definition) is 2. The normalized spacial score (nSPS) is 33.2. The van der Waals surface area contributed by atoms with Crippen molar-refractivity contribution in [3.05, 3.63) is 0 Å². The quantitative estimate of drug-likeness (QED) is 0.760. The van der Waals surface area contributed by atoms with E-state index < -0.39 is 0 Å². The monoisotopic (exact) mass is 215 g/mol. The van der Waals surface area contributed by atoms with E-state index in [4.69, 9.17) is 5.73 Å².